The first-order valence-corrected chi connectivity index (χ1v) is 5.99. The van der Waals surface area contributed by atoms with Crippen molar-refractivity contribution in [2.24, 2.45) is 5.73 Å². The van der Waals surface area contributed by atoms with Gasteiger partial charge in [-0.25, -0.2) is 0 Å². The van der Waals surface area contributed by atoms with Crippen LogP contribution in [0.5, 0.6) is 0 Å². The van der Waals surface area contributed by atoms with E-state index < -0.39 is 0 Å². The molecule has 0 aliphatic heterocycles. The van der Waals surface area contributed by atoms with Crippen molar-refractivity contribution in [1.82, 2.24) is 0 Å². The topological polar surface area (TPSA) is 53.7 Å². The summed E-state index contributed by atoms with van der Waals surface area (Å²) in [4.78, 5) is 0. The first-order chi connectivity index (χ1) is 6.91. The molecule has 0 unspecified atom stereocenters. The summed E-state index contributed by atoms with van der Waals surface area (Å²) in [5.41, 5.74) is 5.34. The Kier molecular flexibility index (Phi) is 13.4. The molecule has 14 heavy (non-hydrogen) atoms. The summed E-state index contributed by atoms with van der Waals surface area (Å²) in [6.07, 6.45) is 0. The van der Waals surface area contributed by atoms with E-state index in [0.29, 0.717) is 26.4 Å². The van der Waals surface area contributed by atoms with Crippen LogP contribution in [0.1, 0.15) is 0 Å². The van der Waals surface area contributed by atoms with Crippen LogP contribution < -0.4 is 5.73 Å². The van der Waals surface area contributed by atoms with Gasteiger partial charge in [0.2, 0.25) is 0 Å². The lowest BCUT2D eigenvalue weighted by Crippen LogP contribution is -2.10. The summed E-state index contributed by atoms with van der Waals surface area (Å²) < 4.78 is 15.4. The molecule has 0 radical (unpaired) electrons. The number of hydrogen-bond donors (Lipinski definition) is 1. The SMILES string of the molecule is COCCOCCOCCSCCN. The second-order valence-corrected chi connectivity index (χ2v) is 3.84. The van der Waals surface area contributed by atoms with Gasteiger partial charge in [0.05, 0.1) is 33.0 Å². The lowest BCUT2D eigenvalue weighted by molar-refractivity contribution is 0.0286. The highest BCUT2D eigenvalue weighted by Crippen LogP contribution is 1.96. The number of nitrogens with two attached hydrogens (primary N) is 1. The molecule has 0 fully saturated rings. The summed E-state index contributed by atoms with van der Waals surface area (Å²) >= 11 is 1.81. The summed E-state index contributed by atoms with van der Waals surface area (Å²) in [6, 6.07) is 0. The van der Waals surface area contributed by atoms with Crippen molar-refractivity contribution in [1.29, 1.82) is 0 Å². The second kappa shape index (κ2) is 13.2. The molecule has 0 rings (SSSR count). The zero-order valence-corrected chi connectivity index (χ0v) is 9.68. The molecule has 0 aromatic heterocycles. The van der Waals surface area contributed by atoms with Gasteiger partial charge in [0.1, 0.15) is 0 Å². The maximum atomic E-state index is 5.34. The van der Waals surface area contributed by atoms with E-state index in [1.165, 1.54) is 0 Å². The first-order valence-electron chi connectivity index (χ1n) is 4.84. The van der Waals surface area contributed by atoms with Gasteiger partial charge in [-0.2, -0.15) is 11.8 Å². The number of ether oxygens (including phenoxy) is 3. The van der Waals surface area contributed by atoms with Gasteiger partial charge in [0.25, 0.3) is 0 Å². The van der Waals surface area contributed by atoms with Crippen LogP contribution in [0.2, 0.25) is 0 Å². The molecule has 0 spiro atoms. The molecule has 0 atom stereocenters. The average molecular weight is 223 g/mol. The molecule has 0 aliphatic rings. The smallest absolute Gasteiger partial charge is 0.0701 e. The highest BCUT2D eigenvalue weighted by Gasteiger charge is 1.90. The van der Waals surface area contributed by atoms with Crippen LogP contribution in [0.3, 0.4) is 0 Å². The first kappa shape index (κ1) is 14.2. The molecule has 86 valence electrons. The molecule has 2 N–H and O–H groups in total. The number of rotatable bonds is 11. The van der Waals surface area contributed by atoms with Crippen molar-refractivity contribution >= 4 is 11.8 Å². The van der Waals surface area contributed by atoms with E-state index in [9.17, 15) is 0 Å². The molecule has 0 aliphatic carbocycles. The van der Waals surface area contributed by atoms with Crippen LogP contribution in [0.4, 0.5) is 0 Å². The van der Waals surface area contributed by atoms with Gasteiger partial charge in [0, 0.05) is 25.2 Å². The Bertz CT molecular complexity index is 94.1. The molecule has 0 aromatic carbocycles. The fraction of sp³-hybridized carbons (Fsp3) is 1.00. The molecular weight excluding hydrogens is 202 g/mol. The van der Waals surface area contributed by atoms with Gasteiger partial charge in [-0.15, -0.1) is 0 Å². The standard InChI is InChI=1S/C9H21NO3S/c1-11-3-4-12-5-6-13-7-9-14-8-2-10/h2-10H2,1H3. The fourth-order valence-electron chi connectivity index (χ4n) is 0.767. The van der Waals surface area contributed by atoms with Crippen molar-refractivity contribution in [3.63, 3.8) is 0 Å². The van der Waals surface area contributed by atoms with Crippen LogP contribution in [0, 0.1) is 0 Å². The Hall–Kier alpha value is 0.190. The van der Waals surface area contributed by atoms with Gasteiger partial charge in [-0.3, -0.25) is 0 Å². The van der Waals surface area contributed by atoms with E-state index in [1.54, 1.807) is 7.11 Å². The predicted molar refractivity (Wildman–Crippen MR) is 59.9 cm³/mol. The van der Waals surface area contributed by atoms with Crippen molar-refractivity contribution < 1.29 is 14.2 Å². The molecule has 5 heteroatoms. The zero-order valence-electron chi connectivity index (χ0n) is 8.87. The van der Waals surface area contributed by atoms with E-state index in [2.05, 4.69) is 0 Å². The predicted octanol–water partition coefficient (Wildman–Crippen LogP) is 0.358. The van der Waals surface area contributed by atoms with Gasteiger partial charge < -0.3 is 19.9 Å². The molecular formula is C9H21NO3S. The Morgan fingerprint density at radius 2 is 1.57 bits per heavy atom. The number of methoxy groups -OCH3 is 1. The number of hydrogen-bond acceptors (Lipinski definition) is 5. The Labute approximate surface area is 90.5 Å². The lowest BCUT2D eigenvalue weighted by Gasteiger charge is -2.04. The normalized spacial score (nSPS) is 10.7. The molecule has 0 bridgehead atoms. The quantitative estimate of drug-likeness (QED) is 0.513. The lowest BCUT2D eigenvalue weighted by atomic mass is 10.7. The minimum atomic E-state index is 0.641. The monoisotopic (exact) mass is 223 g/mol. The maximum Gasteiger partial charge on any atom is 0.0701 e. The third-order valence-electron chi connectivity index (χ3n) is 1.44. The maximum absolute atomic E-state index is 5.34. The van der Waals surface area contributed by atoms with Crippen molar-refractivity contribution in [3.8, 4) is 0 Å². The summed E-state index contributed by atoms with van der Waals surface area (Å²) in [5, 5.41) is 0. The Balaban J connectivity index is 2.78. The fourth-order valence-corrected chi connectivity index (χ4v) is 1.37. The molecule has 4 nitrogen and oxygen atoms in total. The van der Waals surface area contributed by atoms with E-state index in [1.807, 2.05) is 11.8 Å². The molecule has 0 amide bonds. The summed E-state index contributed by atoms with van der Waals surface area (Å²) in [6.45, 7) is 4.11. The van der Waals surface area contributed by atoms with Crippen LogP contribution in [0.15, 0.2) is 0 Å². The summed E-state index contributed by atoms with van der Waals surface area (Å²) in [5.74, 6) is 2.02. The Morgan fingerprint density at radius 1 is 0.929 bits per heavy atom. The van der Waals surface area contributed by atoms with Crippen LogP contribution in [-0.2, 0) is 14.2 Å². The summed E-state index contributed by atoms with van der Waals surface area (Å²) in [7, 11) is 1.66. The van der Waals surface area contributed by atoms with Gasteiger partial charge in [-0.1, -0.05) is 0 Å². The van der Waals surface area contributed by atoms with E-state index in [4.69, 9.17) is 19.9 Å². The van der Waals surface area contributed by atoms with E-state index in [-0.39, 0.29) is 0 Å². The average Bonchev–Trinajstić information content (AvgIpc) is 2.21. The zero-order chi connectivity index (χ0) is 10.5. The number of thioether (sulfide) groups is 1. The van der Waals surface area contributed by atoms with E-state index in [0.717, 1.165) is 24.7 Å². The van der Waals surface area contributed by atoms with Crippen LogP contribution in [0.25, 0.3) is 0 Å². The van der Waals surface area contributed by atoms with Crippen molar-refractivity contribution in [3.05, 3.63) is 0 Å². The minimum absolute atomic E-state index is 0.641. The largest absolute Gasteiger partial charge is 0.382 e. The van der Waals surface area contributed by atoms with Gasteiger partial charge >= 0.3 is 0 Å². The Morgan fingerprint density at radius 3 is 2.21 bits per heavy atom. The highest BCUT2D eigenvalue weighted by molar-refractivity contribution is 7.99. The molecule has 0 heterocycles. The highest BCUT2D eigenvalue weighted by atomic mass is 32.2. The molecule has 0 saturated carbocycles. The van der Waals surface area contributed by atoms with Crippen molar-refractivity contribution in [2.45, 2.75) is 0 Å². The van der Waals surface area contributed by atoms with Gasteiger partial charge in [-0.05, 0) is 0 Å². The van der Waals surface area contributed by atoms with Gasteiger partial charge in [0.15, 0.2) is 0 Å². The second-order valence-electron chi connectivity index (χ2n) is 2.62. The molecule has 0 aromatic rings. The molecule has 0 saturated heterocycles. The third-order valence-corrected chi connectivity index (χ3v) is 2.42. The van der Waals surface area contributed by atoms with Crippen molar-refractivity contribution in [2.75, 3.05) is 58.2 Å². The minimum Gasteiger partial charge on any atom is -0.382 e. The van der Waals surface area contributed by atoms with Crippen LogP contribution >= 0.6 is 11.8 Å². The van der Waals surface area contributed by atoms with E-state index >= 15 is 0 Å². The van der Waals surface area contributed by atoms with Crippen LogP contribution in [-0.4, -0.2) is 58.2 Å². The third kappa shape index (κ3) is 12.2.